The first-order valence-electron chi connectivity index (χ1n) is 19.7. The third kappa shape index (κ3) is 6.41. The molecule has 11 rings (SSSR count). The summed E-state index contributed by atoms with van der Waals surface area (Å²) in [6.45, 7) is 0. The van der Waals surface area contributed by atoms with E-state index in [4.69, 9.17) is 24.4 Å². The minimum atomic E-state index is 0.628. The van der Waals surface area contributed by atoms with Crippen LogP contribution in [0.25, 0.3) is 112 Å². The number of hydrogen-bond acceptors (Lipinski definition) is 5. The van der Waals surface area contributed by atoms with Crippen molar-refractivity contribution in [2.45, 2.75) is 0 Å². The van der Waals surface area contributed by atoms with Gasteiger partial charge < -0.3 is 4.42 Å². The van der Waals surface area contributed by atoms with Crippen molar-refractivity contribution in [1.29, 1.82) is 0 Å². The van der Waals surface area contributed by atoms with Gasteiger partial charge in [-0.15, -0.1) is 0 Å². The standard InChI is InChI=1S/C54H34N4O/c1-3-14-40(15-4-1)51-56-52(41-16-5-2-6-17-41)58-53(57-51)42-28-26-39(27-29-42)50-45-20-10-8-13-37(45)30-32-46(50)38-24-22-35(23-25-38)43-31-33-49-48(34-43)55-54(59-49)47-21-11-18-36-12-7-9-19-44(36)47/h1-34H. The highest BCUT2D eigenvalue weighted by molar-refractivity contribution is 6.04. The quantitative estimate of drug-likeness (QED) is 0.162. The molecule has 0 radical (unpaired) electrons. The molecule has 0 unspecified atom stereocenters. The molecule has 0 aliphatic rings. The molecule has 2 heterocycles. The molecule has 11 aromatic rings. The lowest BCUT2D eigenvalue weighted by atomic mass is 9.89. The van der Waals surface area contributed by atoms with Gasteiger partial charge in [-0.3, -0.25) is 0 Å². The minimum absolute atomic E-state index is 0.628. The fraction of sp³-hybridized carbons (Fsp3) is 0. The molecule has 0 spiro atoms. The van der Waals surface area contributed by atoms with E-state index >= 15 is 0 Å². The Bertz CT molecular complexity index is 3240. The molecule has 0 amide bonds. The topological polar surface area (TPSA) is 64.7 Å². The van der Waals surface area contributed by atoms with Crippen LogP contribution in [0.2, 0.25) is 0 Å². The Hall–Kier alpha value is -8.02. The second-order valence-corrected chi connectivity index (χ2v) is 14.6. The first kappa shape index (κ1) is 34.2. The van der Waals surface area contributed by atoms with Crippen molar-refractivity contribution < 1.29 is 4.42 Å². The van der Waals surface area contributed by atoms with Crippen molar-refractivity contribution in [3.63, 3.8) is 0 Å². The zero-order valence-corrected chi connectivity index (χ0v) is 31.8. The maximum Gasteiger partial charge on any atom is 0.227 e. The number of rotatable bonds is 7. The van der Waals surface area contributed by atoms with Crippen LogP contribution in [0.5, 0.6) is 0 Å². The van der Waals surface area contributed by atoms with E-state index in [0.29, 0.717) is 23.4 Å². The Morgan fingerprint density at radius 2 is 0.814 bits per heavy atom. The molecular weight excluding hydrogens is 721 g/mol. The molecule has 0 fully saturated rings. The monoisotopic (exact) mass is 754 g/mol. The predicted molar refractivity (Wildman–Crippen MR) is 240 cm³/mol. The molecular formula is C54H34N4O. The number of nitrogens with zero attached hydrogens (tertiary/aromatic N) is 4. The number of benzene rings is 9. The Morgan fingerprint density at radius 3 is 1.49 bits per heavy atom. The van der Waals surface area contributed by atoms with Crippen molar-refractivity contribution in [3.8, 4) is 79.0 Å². The van der Waals surface area contributed by atoms with Gasteiger partial charge >= 0.3 is 0 Å². The van der Waals surface area contributed by atoms with Crippen LogP contribution in [-0.4, -0.2) is 19.9 Å². The van der Waals surface area contributed by atoms with Gasteiger partial charge in [-0.25, -0.2) is 19.9 Å². The number of aromatic nitrogens is 4. The molecule has 2 aromatic heterocycles. The summed E-state index contributed by atoms with van der Waals surface area (Å²) in [5.74, 6) is 2.55. The summed E-state index contributed by atoms with van der Waals surface area (Å²) in [5, 5.41) is 4.67. The van der Waals surface area contributed by atoms with Crippen molar-refractivity contribution in [3.05, 3.63) is 206 Å². The van der Waals surface area contributed by atoms with Gasteiger partial charge in [0.25, 0.3) is 0 Å². The average molecular weight is 755 g/mol. The first-order chi connectivity index (χ1) is 29.2. The molecule has 5 nitrogen and oxygen atoms in total. The van der Waals surface area contributed by atoms with Crippen molar-refractivity contribution in [2.75, 3.05) is 0 Å². The van der Waals surface area contributed by atoms with Gasteiger partial charge in [0, 0.05) is 22.3 Å². The third-order valence-corrected chi connectivity index (χ3v) is 11.0. The number of fused-ring (bicyclic) bond motifs is 3. The molecule has 0 saturated carbocycles. The van der Waals surface area contributed by atoms with Crippen LogP contribution in [0.15, 0.2) is 211 Å². The van der Waals surface area contributed by atoms with E-state index in [2.05, 4.69) is 140 Å². The normalized spacial score (nSPS) is 11.4. The molecule has 5 heteroatoms. The van der Waals surface area contributed by atoms with Crippen LogP contribution in [0, 0.1) is 0 Å². The van der Waals surface area contributed by atoms with Gasteiger partial charge in [-0.05, 0) is 73.1 Å². The van der Waals surface area contributed by atoms with Gasteiger partial charge in [-0.1, -0.05) is 188 Å². The smallest absolute Gasteiger partial charge is 0.227 e. The maximum atomic E-state index is 6.28. The van der Waals surface area contributed by atoms with Crippen molar-refractivity contribution >= 4 is 32.6 Å². The predicted octanol–water partition coefficient (Wildman–Crippen LogP) is 14.0. The van der Waals surface area contributed by atoms with Crippen LogP contribution in [0.3, 0.4) is 0 Å². The van der Waals surface area contributed by atoms with Crippen molar-refractivity contribution in [2.24, 2.45) is 0 Å². The minimum Gasteiger partial charge on any atom is -0.436 e. The molecule has 9 aromatic carbocycles. The highest BCUT2D eigenvalue weighted by Gasteiger charge is 2.17. The average Bonchev–Trinajstić information content (AvgIpc) is 3.75. The van der Waals surface area contributed by atoms with E-state index < -0.39 is 0 Å². The SMILES string of the molecule is c1ccc(-c2nc(-c3ccccc3)nc(-c3ccc(-c4c(-c5ccc(-c6ccc7oc(-c8cccc9ccccc89)nc7c6)cc5)ccc5ccccc45)cc3)n2)cc1. The molecule has 59 heavy (non-hydrogen) atoms. The second-order valence-electron chi connectivity index (χ2n) is 14.6. The van der Waals surface area contributed by atoms with E-state index in [1.807, 2.05) is 66.7 Å². The molecule has 0 atom stereocenters. The van der Waals surface area contributed by atoms with Crippen LogP contribution < -0.4 is 0 Å². The summed E-state index contributed by atoms with van der Waals surface area (Å²) in [6, 6.07) is 71.4. The maximum absolute atomic E-state index is 6.28. The first-order valence-corrected chi connectivity index (χ1v) is 19.7. The van der Waals surface area contributed by atoms with Gasteiger partial charge in [0.2, 0.25) is 5.89 Å². The Kier molecular flexibility index (Phi) is 8.41. The van der Waals surface area contributed by atoms with Gasteiger partial charge in [-0.2, -0.15) is 0 Å². The largest absolute Gasteiger partial charge is 0.436 e. The lowest BCUT2D eigenvalue weighted by molar-refractivity contribution is 0.620. The molecule has 276 valence electrons. The summed E-state index contributed by atoms with van der Waals surface area (Å²) < 4.78 is 6.28. The Balaban J connectivity index is 0.945. The summed E-state index contributed by atoms with van der Waals surface area (Å²) in [5.41, 5.74) is 12.2. The molecule has 0 aliphatic carbocycles. The Morgan fingerprint density at radius 1 is 0.305 bits per heavy atom. The Labute approximate surface area is 341 Å². The van der Waals surface area contributed by atoms with E-state index in [-0.39, 0.29) is 0 Å². The van der Waals surface area contributed by atoms with E-state index in [1.165, 1.54) is 16.3 Å². The van der Waals surface area contributed by atoms with Crippen LogP contribution >= 0.6 is 0 Å². The number of oxazole rings is 1. The summed E-state index contributed by atoms with van der Waals surface area (Å²) in [7, 11) is 0. The lowest BCUT2D eigenvalue weighted by Gasteiger charge is -2.15. The van der Waals surface area contributed by atoms with Crippen molar-refractivity contribution in [1.82, 2.24) is 19.9 Å². The lowest BCUT2D eigenvalue weighted by Crippen LogP contribution is -2.00. The fourth-order valence-electron chi connectivity index (χ4n) is 8.02. The highest BCUT2D eigenvalue weighted by Crippen LogP contribution is 2.40. The summed E-state index contributed by atoms with van der Waals surface area (Å²) in [6.07, 6.45) is 0. The van der Waals surface area contributed by atoms with Gasteiger partial charge in [0.1, 0.15) is 5.52 Å². The highest BCUT2D eigenvalue weighted by atomic mass is 16.3. The molecule has 0 N–H and O–H groups in total. The van der Waals surface area contributed by atoms with Gasteiger partial charge in [0.05, 0.1) is 0 Å². The van der Waals surface area contributed by atoms with Gasteiger partial charge in [0.15, 0.2) is 23.1 Å². The van der Waals surface area contributed by atoms with E-state index in [0.717, 1.165) is 71.9 Å². The van der Waals surface area contributed by atoms with Crippen LogP contribution in [-0.2, 0) is 0 Å². The zero-order chi connectivity index (χ0) is 39.1. The third-order valence-electron chi connectivity index (χ3n) is 11.0. The zero-order valence-electron chi connectivity index (χ0n) is 31.8. The summed E-state index contributed by atoms with van der Waals surface area (Å²) >= 11 is 0. The number of hydrogen-bond donors (Lipinski definition) is 0. The molecule has 0 aliphatic heterocycles. The van der Waals surface area contributed by atoms with E-state index in [1.54, 1.807) is 0 Å². The fourth-order valence-corrected chi connectivity index (χ4v) is 8.02. The van der Waals surface area contributed by atoms with E-state index in [9.17, 15) is 0 Å². The second kappa shape index (κ2) is 14.5. The van der Waals surface area contributed by atoms with Crippen LogP contribution in [0.4, 0.5) is 0 Å². The molecule has 0 bridgehead atoms. The van der Waals surface area contributed by atoms with Crippen LogP contribution in [0.1, 0.15) is 0 Å². The summed E-state index contributed by atoms with van der Waals surface area (Å²) in [4.78, 5) is 19.7. The molecule has 0 saturated heterocycles.